The summed E-state index contributed by atoms with van der Waals surface area (Å²) in [5.74, 6) is -0.103. The fourth-order valence-corrected chi connectivity index (χ4v) is 3.84. The van der Waals surface area contributed by atoms with Crippen molar-refractivity contribution in [2.45, 2.75) is 25.2 Å². The van der Waals surface area contributed by atoms with Crippen LogP contribution in [0.15, 0.2) is 47.3 Å². The number of hydrogen-bond donors (Lipinski definition) is 4. The maximum absolute atomic E-state index is 12.3. The van der Waals surface area contributed by atoms with Crippen LogP contribution in [0.4, 0.5) is 0 Å². The van der Waals surface area contributed by atoms with Crippen LogP contribution in [-0.4, -0.2) is 32.3 Å². The van der Waals surface area contributed by atoms with E-state index in [4.69, 9.17) is 4.98 Å². The molecule has 30 heavy (non-hydrogen) atoms. The fourth-order valence-electron chi connectivity index (χ4n) is 3.84. The fraction of sp³-hybridized carbons (Fsp3) is 0.227. The van der Waals surface area contributed by atoms with Crippen molar-refractivity contribution in [3.63, 3.8) is 0 Å². The second-order valence-corrected chi connectivity index (χ2v) is 8.68. The lowest BCUT2D eigenvalue weighted by molar-refractivity contribution is 0.0695. The van der Waals surface area contributed by atoms with Crippen LogP contribution in [0.1, 0.15) is 41.1 Å². The first-order valence-corrected chi connectivity index (χ1v) is 11.9. The molecule has 0 amide bonds. The van der Waals surface area contributed by atoms with Crippen LogP contribution >= 0.6 is 22.5 Å². The predicted octanol–water partition coefficient (Wildman–Crippen LogP) is 5.23. The highest BCUT2D eigenvalue weighted by atomic mass is 33.1. The lowest BCUT2D eigenvalue weighted by Crippen LogP contribution is -2.18. The van der Waals surface area contributed by atoms with Crippen molar-refractivity contribution in [3.8, 4) is 11.4 Å². The third-order valence-electron chi connectivity index (χ3n) is 5.45. The number of aromatic nitrogens is 3. The number of aromatic carboxylic acids is 1. The molecule has 3 N–H and O–H groups in total. The molecule has 0 radical (unpaired) electrons. The quantitative estimate of drug-likeness (QED) is 0.259. The molecule has 0 atom stereocenters. The van der Waals surface area contributed by atoms with E-state index in [-0.39, 0.29) is 5.56 Å². The van der Waals surface area contributed by atoms with Gasteiger partial charge in [0.05, 0.1) is 16.6 Å². The number of pyridine rings is 1. The van der Waals surface area contributed by atoms with Crippen molar-refractivity contribution < 1.29 is 9.90 Å². The van der Waals surface area contributed by atoms with E-state index in [1.54, 1.807) is 0 Å². The Labute approximate surface area is 181 Å². The highest BCUT2D eigenvalue weighted by molar-refractivity contribution is 8.68. The van der Waals surface area contributed by atoms with Gasteiger partial charge in [-0.3, -0.25) is 4.79 Å². The number of imidazole rings is 1. The SMILES string of the molecule is CSS.O=C(O)c1cc2ccc(C3CCC3)c(-c3nc4ccccc4[nH]3)c2[nH]c1=O. The standard InChI is InChI=1S/C21H17N3O3.CH4S2/c25-20-14(21(26)27)10-12-8-9-13(11-4-3-5-11)17(18(12)24-20)19-22-15-6-1-2-7-16(15)23-19;1-3-2/h1-2,6-11H,3-5H2,(H,22,23)(H,24,25)(H,26,27);2H,1H3. The Morgan fingerprint density at radius 3 is 2.57 bits per heavy atom. The number of para-hydroxylation sites is 2. The first-order chi connectivity index (χ1) is 14.5. The molecule has 0 bridgehead atoms. The van der Waals surface area contributed by atoms with Gasteiger partial charge >= 0.3 is 5.97 Å². The summed E-state index contributed by atoms with van der Waals surface area (Å²) in [4.78, 5) is 34.5. The number of benzene rings is 2. The summed E-state index contributed by atoms with van der Waals surface area (Å²) in [5, 5.41) is 9.94. The van der Waals surface area contributed by atoms with Gasteiger partial charge in [0.2, 0.25) is 0 Å². The molecule has 2 heterocycles. The van der Waals surface area contributed by atoms with E-state index in [9.17, 15) is 14.7 Å². The number of rotatable bonds is 3. The summed E-state index contributed by atoms with van der Waals surface area (Å²) >= 11 is 3.71. The zero-order valence-corrected chi connectivity index (χ0v) is 18.0. The molecule has 4 aromatic rings. The summed E-state index contributed by atoms with van der Waals surface area (Å²) < 4.78 is 0. The Bertz CT molecular complexity index is 1260. The minimum Gasteiger partial charge on any atom is -0.477 e. The molecule has 6 nitrogen and oxygen atoms in total. The first-order valence-electron chi connectivity index (χ1n) is 9.59. The lowest BCUT2D eigenvalue weighted by atomic mass is 9.77. The highest BCUT2D eigenvalue weighted by Gasteiger charge is 2.26. The van der Waals surface area contributed by atoms with Crippen LogP contribution in [0.25, 0.3) is 33.3 Å². The Kier molecular flexibility index (Phi) is 5.87. The summed E-state index contributed by atoms with van der Waals surface area (Å²) in [6.07, 6.45) is 5.31. The maximum atomic E-state index is 12.3. The minimum atomic E-state index is -1.23. The third-order valence-corrected chi connectivity index (χ3v) is 5.45. The van der Waals surface area contributed by atoms with Crippen LogP contribution in [-0.2, 0) is 0 Å². The van der Waals surface area contributed by atoms with Gasteiger partial charge in [-0.25, -0.2) is 9.78 Å². The van der Waals surface area contributed by atoms with Crippen molar-refractivity contribution in [2.24, 2.45) is 0 Å². The van der Waals surface area contributed by atoms with Gasteiger partial charge in [0.1, 0.15) is 11.4 Å². The number of H-pyrrole nitrogens is 2. The average Bonchev–Trinajstić information content (AvgIpc) is 3.10. The number of carboxylic acid groups (broad SMARTS) is 1. The first kappa shape index (κ1) is 20.6. The van der Waals surface area contributed by atoms with E-state index in [2.05, 4.69) is 21.6 Å². The van der Waals surface area contributed by atoms with E-state index in [0.29, 0.717) is 22.6 Å². The molecular weight excluding hydrogens is 418 g/mol. The maximum Gasteiger partial charge on any atom is 0.341 e. The molecule has 5 rings (SSSR count). The van der Waals surface area contributed by atoms with Gasteiger partial charge in [0.25, 0.3) is 5.56 Å². The molecule has 2 aromatic carbocycles. The van der Waals surface area contributed by atoms with Crippen LogP contribution in [0, 0.1) is 0 Å². The number of aromatic amines is 2. The molecule has 1 saturated carbocycles. The molecule has 1 fully saturated rings. The molecular formula is C22H21N3O3S2. The van der Waals surface area contributed by atoms with Gasteiger partial charge in [-0.05, 0) is 54.2 Å². The van der Waals surface area contributed by atoms with E-state index < -0.39 is 11.5 Å². The van der Waals surface area contributed by atoms with Crippen LogP contribution in [0.2, 0.25) is 0 Å². The Morgan fingerprint density at radius 2 is 1.93 bits per heavy atom. The predicted molar refractivity (Wildman–Crippen MR) is 126 cm³/mol. The summed E-state index contributed by atoms with van der Waals surface area (Å²) in [5.41, 5.74) is 3.57. The Morgan fingerprint density at radius 1 is 1.20 bits per heavy atom. The van der Waals surface area contributed by atoms with Gasteiger partial charge in [0.15, 0.2) is 0 Å². The van der Waals surface area contributed by atoms with E-state index in [0.717, 1.165) is 35.0 Å². The lowest BCUT2D eigenvalue weighted by Gasteiger charge is -2.28. The molecule has 154 valence electrons. The van der Waals surface area contributed by atoms with Crippen molar-refractivity contribution in [3.05, 3.63) is 63.9 Å². The summed E-state index contributed by atoms with van der Waals surface area (Å²) in [7, 11) is 1.44. The third kappa shape index (κ3) is 3.73. The average molecular weight is 440 g/mol. The highest BCUT2D eigenvalue weighted by Crippen LogP contribution is 2.43. The molecule has 0 saturated heterocycles. The number of fused-ring (bicyclic) bond motifs is 2. The zero-order valence-electron chi connectivity index (χ0n) is 16.3. The van der Waals surface area contributed by atoms with Crippen molar-refractivity contribution in [1.82, 2.24) is 15.0 Å². The molecule has 0 aliphatic heterocycles. The van der Waals surface area contributed by atoms with Crippen molar-refractivity contribution in [1.29, 1.82) is 0 Å². The molecule has 2 aromatic heterocycles. The van der Waals surface area contributed by atoms with Crippen LogP contribution in [0.5, 0.6) is 0 Å². The van der Waals surface area contributed by atoms with Gasteiger partial charge < -0.3 is 15.1 Å². The van der Waals surface area contributed by atoms with Gasteiger partial charge in [-0.2, -0.15) is 0 Å². The number of nitrogens with zero attached hydrogens (tertiary/aromatic N) is 1. The monoisotopic (exact) mass is 439 g/mol. The zero-order chi connectivity index (χ0) is 21.3. The van der Waals surface area contributed by atoms with Gasteiger partial charge in [-0.15, -0.1) is 22.5 Å². The van der Waals surface area contributed by atoms with Crippen LogP contribution in [0.3, 0.4) is 0 Å². The normalized spacial score (nSPS) is 13.7. The van der Waals surface area contributed by atoms with Crippen molar-refractivity contribution >= 4 is 50.4 Å². The number of hydrogen-bond acceptors (Lipinski definition) is 5. The smallest absolute Gasteiger partial charge is 0.341 e. The Hall–Kier alpha value is -2.71. The second-order valence-electron chi connectivity index (χ2n) is 7.22. The topological polar surface area (TPSA) is 98.8 Å². The van der Waals surface area contributed by atoms with E-state index >= 15 is 0 Å². The van der Waals surface area contributed by atoms with Crippen molar-refractivity contribution in [2.75, 3.05) is 6.26 Å². The van der Waals surface area contributed by atoms with Crippen LogP contribution < -0.4 is 5.56 Å². The second kappa shape index (κ2) is 8.57. The van der Waals surface area contributed by atoms with E-state index in [1.165, 1.54) is 23.3 Å². The minimum absolute atomic E-state index is 0.255. The number of nitrogens with one attached hydrogen (secondary N) is 2. The van der Waals surface area contributed by atoms with Gasteiger partial charge in [-0.1, -0.05) is 30.7 Å². The molecule has 1 aliphatic carbocycles. The molecule has 0 unspecified atom stereocenters. The summed E-state index contributed by atoms with van der Waals surface area (Å²) in [6, 6.07) is 13.1. The number of carboxylic acids is 1. The number of thiol groups is 1. The molecule has 0 spiro atoms. The molecule has 1 aliphatic rings. The largest absolute Gasteiger partial charge is 0.477 e. The number of carbonyl (C=O) groups is 1. The summed E-state index contributed by atoms with van der Waals surface area (Å²) in [6.45, 7) is 0. The van der Waals surface area contributed by atoms with E-state index in [1.807, 2.05) is 42.7 Å². The van der Waals surface area contributed by atoms with Gasteiger partial charge in [0, 0.05) is 5.56 Å². The molecule has 8 heteroatoms. The Balaban J connectivity index is 0.000000687.